The maximum absolute atomic E-state index is 6.28. The molecule has 0 spiro atoms. The van der Waals surface area contributed by atoms with E-state index in [9.17, 15) is 0 Å². The number of nitrogens with zero attached hydrogens (tertiary/aromatic N) is 1. The van der Waals surface area contributed by atoms with Gasteiger partial charge >= 0.3 is 0 Å². The molecule has 0 heterocycles. The number of aliphatic imine (C=N–C) groups is 1. The molecule has 2 saturated carbocycles. The second-order valence-electron chi connectivity index (χ2n) is 7.34. The number of hydrogen-bond acceptors (Lipinski definition) is 1. The molecule has 0 unspecified atom stereocenters. The molecule has 2 aliphatic rings. The zero-order valence-corrected chi connectivity index (χ0v) is 15.5. The minimum absolute atomic E-state index is 0.457. The average Bonchev–Trinajstić information content (AvgIpc) is 2.60. The molecule has 0 aromatic heterocycles. The van der Waals surface area contributed by atoms with Crippen LogP contribution in [-0.4, -0.2) is 18.0 Å². The third kappa shape index (κ3) is 5.14. The van der Waals surface area contributed by atoms with E-state index in [0.717, 1.165) is 22.2 Å². The Bertz CT molecular complexity index is 558. The van der Waals surface area contributed by atoms with Gasteiger partial charge in [-0.2, -0.15) is 0 Å². The normalized spacial score (nSPS) is 20.8. The van der Waals surface area contributed by atoms with Gasteiger partial charge in [0.2, 0.25) is 0 Å². The number of aryl methyl sites for hydroxylation is 1. The van der Waals surface area contributed by atoms with Crippen LogP contribution in [0.3, 0.4) is 0 Å². The van der Waals surface area contributed by atoms with Crippen molar-refractivity contribution in [2.24, 2.45) is 4.99 Å². The number of benzene rings is 1. The second-order valence-corrected chi connectivity index (χ2v) is 7.74. The zero-order valence-electron chi connectivity index (χ0n) is 14.8. The van der Waals surface area contributed by atoms with Gasteiger partial charge in [-0.1, -0.05) is 56.2 Å². The monoisotopic (exact) mass is 347 g/mol. The molecular formula is C20H30ClN3. The van der Waals surface area contributed by atoms with Gasteiger partial charge in [0, 0.05) is 16.8 Å². The molecule has 1 aromatic carbocycles. The molecule has 0 saturated heterocycles. The topological polar surface area (TPSA) is 36.4 Å². The first-order valence-corrected chi connectivity index (χ1v) is 9.96. The van der Waals surface area contributed by atoms with Gasteiger partial charge in [0.05, 0.1) is 6.04 Å². The van der Waals surface area contributed by atoms with Crippen molar-refractivity contribution in [1.82, 2.24) is 5.32 Å². The van der Waals surface area contributed by atoms with Crippen LogP contribution in [0.1, 0.15) is 69.8 Å². The summed E-state index contributed by atoms with van der Waals surface area (Å²) in [6.07, 6.45) is 12.9. The molecule has 2 fully saturated rings. The van der Waals surface area contributed by atoms with Gasteiger partial charge in [-0.25, -0.2) is 4.99 Å². The van der Waals surface area contributed by atoms with E-state index in [-0.39, 0.29) is 0 Å². The highest BCUT2D eigenvalue weighted by Gasteiger charge is 2.18. The van der Waals surface area contributed by atoms with E-state index in [1.54, 1.807) is 0 Å². The van der Waals surface area contributed by atoms with Crippen LogP contribution in [0.15, 0.2) is 23.2 Å². The quantitative estimate of drug-likeness (QED) is 0.545. The van der Waals surface area contributed by atoms with E-state index in [1.165, 1.54) is 64.2 Å². The highest BCUT2D eigenvalue weighted by atomic mass is 35.5. The summed E-state index contributed by atoms with van der Waals surface area (Å²) < 4.78 is 0. The van der Waals surface area contributed by atoms with Gasteiger partial charge in [0.1, 0.15) is 0 Å². The van der Waals surface area contributed by atoms with Crippen LogP contribution < -0.4 is 10.6 Å². The average molecular weight is 348 g/mol. The summed E-state index contributed by atoms with van der Waals surface area (Å²) in [7, 11) is 0. The molecule has 1 aromatic rings. The molecule has 0 radical (unpaired) electrons. The van der Waals surface area contributed by atoms with E-state index < -0.39 is 0 Å². The van der Waals surface area contributed by atoms with Crippen molar-refractivity contribution in [2.45, 2.75) is 83.2 Å². The largest absolute Gasteiger partial charge is 0.353 e. The molecule has 0 atom stereocenters. The summed E-state index contributed by atoms with van der Waals surface area (Å²) in [5, 5.41) is 7.98. The van der Waals surface area contributed by atoms with Gasteiger partial charge < -0.3 is 10.6 Å². The predicted octanol–water partition coefficient (Wildman–Crippen LogP) is 5.67. The number of halogens is 1. The van der Waals surface area contributed by atoms with Gasteiger partial charge in [-0.3, -0.25) is 0 Å². The van der Waals surface area contributed by atoms with Crippen molar-refractivity contribution in [3.05, 3.63) is 28.8 Å². The molecule has 3 rings (SSSR count). The van der Waals surface area contributed by atoms with E-state index >= 15 is 0 Å². The standard InChI is InChI=1S/C20H30ClN3/c1-15-12-13-18(14-19(15)21)24-20(22-16-8-4-2-5-9-16)23-17-10-6-3-7-11-17/h12-14,16-17H,2-11H2,1H3,(H2,22,23,24). The number of guanidine groups is 1. The van der Waals surface area contributed by atoms with Crippen LogP contribution in [0.5, 0.6) is 0 Å². The number of nitrogens with one attached hydrogen (secondary N) is 2. The van der Waals surface area contributed by atoms with Gasteiger partial charge in [0.25, 0.3) is 0 Å². The maximum atomic E-state index is 6.28. The first-order chi connectivity index (χ1) is 11.7. The smallest absolute Gasteiger partial charge is 0.196 e. The van der Waals surface area contributed by atoms with Crippen LogP contribution in [0.2, 0.25) is 5.02 Å². The summed E-state index contributed by atoms with van der Waals surface area (Å²) >= 11 is 6.28. The van der Waals surface area contributed by atoms with Crippen LogP contribution >= 0.6 is 11.6 Å². The summed E-state index contributed by atoms with van der Waals surface area (Å²) in [5.41, 5.74) is 2.12. The highest BCUT2D eigenvalue weighted by molar-refractivity contribution is 6.31. The molecule has 4 heteroatoms. The first kappa shape index (κ1) is 17.6. The maximum Gasteiger partial charge on any atom is 0.196 e. The highest BCUT2D eigenvalue weighted by Crippen LogP contribution is 2.23. The lowest BCUT2D eigenvalue weighted by Gasteiger charge is -2.27. The molecule has 0 aliphatic heterocycles. The minimum atomic E-state index is 0.457. The lowest BCUT2D eigenvalue weighted by molar-refractivity contribution is 0.408. The van der Waals surface area contributed by atoms with Crippen molar-refractivity contribution >= 4 is 23.2 Å². The van der Waals surface area contributed by atoms with Gasteiger partial charge in [0.15, 0.2) is 5.96 Å². The fourth-order valence-electron chi connectivity index (χ4n) is 3.75. The van der Waals surface area contributed by atoms with Gasteiger partial charge in [-0.15, -0.1) is 0 Å². The minimum Gasteiger partial charge on any atom is -0.353 e. The molecule has 3 nitrogen and oxygen atoms in total. The zero-order chi connectivity index (χ0) is 16.8. The summed E-state index contributed by atoms with van der Waals surface area (Å²) in [6.45, 7) is 2.03. The van der Waals surface area contributed by atoms with E-state index in [0.29, 0.717) is 12.1 Å². The van der Waals surface area contributed by atoms with Crippen LogP contribution in [-0.2, 0) is 0 Å². The van der Waals surface area contributed by atoms with Crippen LogP contribution in [0.4, 0.5) is 5.69 Å². The lowest BCUT2D eigenvalue weighted by Crippen LogP contribution is -2.41. The number of rotatable bonds is 3. The summed E-state index contributed by atoms with van der Waals surface area (Å²) in [4.78, 5) is 5.03. The molecule has 24 heavy (non-hydrogen) atoms. The summed E-state index contributed by atoms with van der Waals surface area (Å²) in [6, 6.07) is 7.15. The fourth-order valence-corrected chi connectivity index (χ4v) is 3.93. The summed E-state index contributed by atoms with van der Waals surface area (Å²) in [5.74, 6) is 0.939. The molecule has 132 valence electrons. The van der Waals surface area contributed by atoms with E-state index in [1.807, 2.05) is 13.0 Å². The first-order valence-electron chi connectivity index (χ1n) is 9.58. The molecular weight excluding hydrogens is 318 g/mol. The second kappa shape index (κ2) is 8.75. The Morgan fingerprint density at radius 2 is 1.67 bits per heavy atom. The van der Waals surface area contributed by atoms with E-state index in [2.05, 4.69) is 22.8 Å². The fraction of sp³-hybridized carbons (Fsp3) is 0.650. The third-order valence-corrected chi connectivity index (χ3v) is 5.67. The molecule has 2 N–H and O–H groups in total. The predicted molar refractivity (Wildman–Crippen MR) is 104 cm³/mol. The van der Waals surface area contributed by atoms with Crippen LogP contribution in [0, 0.1) is 6.92 Å². The Hall–Kier alpha value is -1.22. The number of anilines is 1. The van der Waals surface area contributed by atoms with Gasteiger partial charge in [-0.05, 0) is 50.3 Å². The number of hydrogen-bond donors (Lipinski definition) is 2. The SMILES string of the molecule is Cc1ccc(NC(=NC2CCCCC2)NC2CCCCC2)cc1Cl. The Morgan fingerprint density at radius 1 is 1.00 bits per heavy atom. The van der Waals surface area contributed by atoms with Crippen molar-refractivity contribution in [3.63, 3.8) is 0 Å². The van der Waals surface area contributed by atoms with Crippen molar-refractivity contribution < 1.29 is 0 Å². The Morgan fingerprint density at radius 3 is 2.33 bits per heavy atom. The van der Waals surface area contributed by atoms with Crippen molar-refractivity contribution in [2.75, 3.05) is 5.32 Å². The molecule has 2 aliphatic carbocycles. The Labute approximate surface area is 151 Å². The Kier molecular flexibility index (Phi) is 6.42. The van der Waals surface area contributed by atoms with Crippen LogP contribution in [0.25, 0.3) is 0 Å². The van der Waals surface area contributed by atoms with Crippen molar-refractivity contribution in [1.29, 1.82) is 0 Å². The molecule has 0 bridgehead atoms. The Balaban J connectivity index is 1.72. The van der Waals surface area contributed by atoms with E-state index in [4.69, 9.17) is 16.6 Å². The third-order valence-electron chi connectivity index (χ3n) is 5.27. The lowest BCUT2D eigenvalue weighted by atomic mass is 9.95. The molecule has 0 amide bonds. The van der Waals surface area contributed by atoms with Crippen molar-refractivity contribution in [3.8, 4) is 0 Å².